The maximum Gasteiger partial charge on any atom is 0.411 e. The quantitative estimate of drug-likeness (QED) is 0.730. The zero-order valence-electron chi connectivity index (χ0n) is 15.2. The fourth-order valence-corrected chi connectivity index (χ4v) is 3.30. The minimum atomic E-state index is -4.41. The molecule has 0 bridgehead atoms. The van der Waals surface area contributed by atoms with Gasteiger partial charge in [0.2, 0.25) is 0 Å². The van der Waals surface area contributed by atoms with Gasteiger partial charge in [-0.3, -0.25) is 4.79 Å². The molecule has 1 aliphatic rings. The summed E-state index contributed by atoms with van der Waals surface area (Å²) in [6, 6.07) is 11.8. The fraction of sp³-hybridized carbons (Fsp3) is 0.450. The standard InChI is InChI=1S/C20H22F3NO3/c1-19(2)16(17(19)27-12-20(21,22)23)18(25)26-11-15-14(8-9-24-15)10-13-6-4-3-5-7-13/h3-9,16-17,24H,10-12H2,1-2H3. The molecule has 1 fully saturated rings. The molecule has 7 heteroatoms. The summed E-state index contributed by atoms with van der Waals surface area (Å²) in [5.74, 6) is -1.22. The summed E-state index contributed by atoms with van der Waals surface area (Å²) in [5, 5.41) is 0. The Balaban J connectivity index is 1.55. The number of aromatic amines is 1. The van der Waals surface area contributed by atoms with Crippen LogP contribution in [0.15, 0.2) is 42.6 Å². The molecule has 1 aliphatic carbocycles. The molecule has 1 N–H and O–H groups in total. The highest BCUT2D eigenvalue weighted by Crippen LogP contribution is 2.55. The number of hydrogen-bond donors (Lipinski definition) is 1. The van der Waals surface area contributed by atoms with Crippen LogP contribution in [0.2, 0.25) is 0 Å². The van der Waals surface area contributed by atoms with Crippen molar-refractivity contribution < 1.29 is 27.4 Å². The molecule has 1 aromatic carbocycles. The van der Waals surface area contributed by atoms with Gasteiger partial charge in [-0.2, -0.15) is 13.2 Å². The zero-order chi connectivity index (χ0) is 19.7. The van der Waals surface area contributed by atoms with E-state index in [-0.39, 0.29) is 6.61 Å². The smallest absolute Gasteiger partial charge is 0.411 e. The van der Waals surface area contributed by atoms with Crippen molar-refractivity contribution in [2.75, 3.05) is 6.61 Å². The van der Waals surface area contributed by atoms with Crippen LogP contribution in [-0.4, -0.2) is 29.8 Å². The molecule has 0 radical (unpaired) electrons. The van der Waals surface area contributed by atoms with Gasteiger partial charge in [0.1, 0.15) is 13.2 Å². The first-order chi connectivity index (χ1) is 12.7. The van der Waals surface area contributed by atoms with E-state index in [0.29, 0.717) is 6.42 Å². The second-order valence-corrected chi connectivity index (χ2v) is 7.40. The molecular formula is C20H22F3NO3. The van der Waals surface area contributed by atoms with Gasteiger partial charge in [-0.1, -0.05) is 44.2 Å². The van der Waals surface area contributed by atoms with Crippen LogP contribution in [-0.2, 0) is 27.3 Å². The van der Waals surface area contributed by atoms with E-state index in [2.05, 4.69) is 4.98 Å². The lowest BCUT2D eigenvalue weighted by atomic mass is 10.1. The number of nitrogens with one attached hydrogen (secondary N) is 1. The highest BCUT2D eigenvalue weighted by atomic mass is 19.4. The Morgan fingerprint density at radius 2 is 1.89 bits per heavy atom. The van der Waals surface area contributed by atoms with Crippen LogP contribution in [0.1, 0.15) is 30.7 Å². The first-order valence-corrected chi connectivity index (χ1v) is 8.72. The van der Waals surface area contributed by atoms with Gasteiger partial charge >= 0.3 is 12.1 Å². The Morgan fingerprint density at radius 1 is 1.19 bits per heavy atom. The minimum Gasteiger partial charge on any atom is -0.459 e. The largest absolute Gasteiger partial charge is 0.459 e. The Morgan fingerprint density at radius 3 is 2.56 bits per heavy atom. The summed E-state index contributed by atoms with van der Waals surface area (Å²) in [6.45, 7) is 2.10. The molecule has 146 valence electrons. The van der Waals surface area contributed by atoms with Crippen molar-refractivity contribution in [2.45, 2.75) is 39.2 Å². The minimum absolute atomic E-state index is 0.0482. The van der Waals surface area contributed by atoms with E-state index in [0.717, 1.165) is 16.8 Å². The predicted molar refractivity (Wildman–Crippen MR) is 92.9 cm³/mol. The third kappa shape index (κ3) is 4.71. The first kappa shape index (κ1) is 19.5. The monoisotopic (exact) mass is 381 g/mol. The molecule has 1 aromatic heterocycles. The van der Waals surface area contributed by atoms with Crippen molar-refractivity contribution in [3.63, 3.8) is 0 Å². The molecule has 1 heterocycles. The molecule has 2 unspecified atom stereocenters. The molecule has 1 saturated carbocycles. The lowest BCUT2D eigenvalue weighted by molar-refractivity contribution is -0.180. The van der Waals surface area contributed by atoms with Gasteiger partial charge in [-0.25, -0.2) is 0 Å². The Labute approximate surface area is 155 Å². The van der Waals surface area contributed by atoms with Crippen molar-refractivity contribution >= 4 is 5.97 Å². The molecule has 3 rings (SSSR count). The van der Waals surface area contributed by atoms with E-state index in [9.17, 15) is 18.0 Å². The summed E-state index contributed by atoms with van der Waals surface area (Å²) in [7, 11) is 0. The summed E-state index contributed by atoms with van der Waals surface area (Å²) in [4.78, 5) is 15.4. The molecule has 0 aliphatic heterocycles. The Bertz CT molecular complexity index is 783. The number of rotatable bonds is 7. The van der Waals surface area contributed by atoms with Crippen LogP contribution in [0.25, 0.3) is 0 Å². The number of alkyl halides is 3. The van der Waals surface area contributed by atoms with Crippen molar-refractivity contribution in [1.82, 2.24) is 4.98 Å². The van der Waals surface area contributed by atoms with Crippen molar-refractivity contribution in [3.05, 3.63) is 59.4 Å². The third-order valence-corrected chi connectivity index (χ3v) is 4.93. The van der Waals surface area contributed by atoms with Gasteiger partial charge < -0.3 is 14.5 Å². The first-order valence-electron chi connectivity index (χ1n) is 8.72. The highest BCUT2D eigenvalue weighted by molar-refractivity contribution is 5.78. The van der Waals surface area contributed by atoms with Crippen LogP contribution < -0.4 is 0 Å². The maximum absolute atomic E-state index is 12.3. The van der Waals surface area contributed by atoms with Crippen LogP contribution >= 0.6 is 0 Å². The topological polar surface area (TPSA) is 51.3 Å². The molecule has 2 aromatic rings. The lowest BCUT2D eigenvalue weighted by Crippen LogP contribution is -2.20. The number of hydrogen-bond acceptors (Lipinski definition) is 3. The normalized spacial score (nSPS) is 21.1. The molecule has 4 nitrogen and oxygen atoms in total. The number of ether oxygens (including phenoxy) is 2. The summed E-state index contributed by atoms with van der Waals surface area (Å²) < 4.78 is 47.2. The van der Waals surface area contributed by atoms with Crippen LogP contribution in [0.4, 0.5) is 13.2 Å². The number of aromatic nitrogens is 1. The van der Waals surface area contributed by atoms with E-state index in [4.69, 9.17) is 9.47 Å². The summed E-state index contributed by atoms with van der Waals surface area (Å²) >= 11 is 0. The average molecular weight is 381 g/mol. The van der Waals surface area contributed by atoms with Gasteiger partial charge in [0, 0.05) is 11.6 Å². The molecule has 2 atom stereocenters. The lowest BCUT2D eigenvalue weighted by Gasteiger charge is -2.08. The van der Waals surface area contributed by atoms with Gasteiger partial charge in [0.25, 0.3) is 0 Å². The molecule has 0 saturated heterocycles. The number of carbonyl (C=O) groups is 1. The van der Waals surface area contributed by atoms with Crippen LogP contribution in [0.3, 0.4) is 0 Å². The third-order valence-electron chi connectivity index (χ3n) is 4.93. The maximum atomic E-state index is 12.3. The highest BCUT2D eigenvalue weighted by Gasteiger charge is 2.64. The average Bonchev–Trinajstić information content (AvgIpc) is 2.91. The van der Waals surface area contributed by atoms with Crippen molar-refractivity contribution in [3.8, 4) is 0 Å². The number of H-pyrrole nitrogens is 1. The van der Waals surface area contributed by atoms with Crippen molar-refractivity contribution in [2.24, 2.45) is 11.3 Å². The van der Waals surface area contributed by atoms with Gasteiger partial charge in [-0.15, -0.1) is 0 Å². The van der Waals surface area contributed by atoms with Gasteiger partial charge in [0.05, 0.1) is 17.7 Å². The number of benzene rings is 1. The number of esters is 1. The van der Waals surface area contributed by atoms with Crippen LogP contribution in [0.5, 0.6) is 0 Å². The number of halogens is 3. The zero-order valence-corrected chi connectivity index (χ0v) is 15.2. The molecular weight excluding hydrogens is 359 g/mol. The molecule has 0 spiro atoms. The molecule has 0 amide bonds. The van der Waals surface area contributed by atoms with Gasteiger partial charge in [0.15, 0.2) is 0 Å². The predicted octanol–water partition coefficient (Wildman–Crippen LogP) is 4.25. The van der Waals surface area contributed by atoms with E-state index in [1.54, 1.807) is 20.0 Å². The Kier molecular flexibility index (Phi) is 5.33. The van der Waals surface area contributed by atoms with E-state index < -0.39 is 36.2 Å². The number of carbonyl (C=O) groups excluding carboxylic acids is 1. The van der Waals surface area contributed by atoms with Crippen LogP contribution in [0, 0.1) is 11.3 Å². The van der Waals surface area contributed by atoms with E-state index in [1.807, 2.05) is 36.4 Å². The molecule has 27 heavy (non-hydrogen) atoms. The van der Waals surface area contributed by atoms with E-state index in [1.165, 1.54) is 0 Å². The van der Waals surface area contributed by atoms with Crippen molar-refractivity contribution in [1.29, 1.82) is 0 Å². The second kappa shape index (κ2) is 7.38. The fourth-order valence-electron chi connectivity index (χ4n) is 3.30. The van der Waals surface area contributed by atoms with Gasteiger partial charge in [-0.05, 0) is 23.6 Å². The van der Waals surface area contributed by atoms with E-state index >= 15 is 0 Å². The SMILES string of the molecule is CC1(C)C(OCC(F)(F)F)C1C(=O)OCc1[nH]ccc1Cc1ccccc1. The second-order valence-electron chi connectivity index (χ2n) is 7.40. The summed E-state index contributed by atoms with van der Waals surface area (Å²) in [5.41, 5.74) is 2.26. The Hall–Kier alpha value is -2.28. The summed E-state index contributed by atoms with van der Waals surface area (Å²) in [6.07, 6.45) is -2.72.